The summed E-state index contributed by atoms with van der Waals surface area (Å²) < 4.78 is 32.4. The Kier molecular flexibility index (Phi) is 6.82. The lowest BCUT2D eigenvalue weighted by Gasteiger charge is -2.10. The van der Waals surface area contributed by atoms with Crippen molar-refractivity contribution in [3.63, 3.8) is 0 Å². The van der Waals surface area contributed by atoms with Crippen LogP contribution in [0.15, 0.2) is 53.4 Å². The number of ether oxygens (including phenoxy) is 1. The predicted molar refractivity (Wildman–Crippen MR) is 102 cm³/mol. The van der Waals surface area contributed by atoms with Crippen molar-refractivity contribution in [2.75, 3.05) is 17.6 Å². The monoisotopic (exact) mass is 393 g/mol. The first-order chi connectivity index (χ1) is 12.3. The molecule has 8 heteroatoms. The number of carbonyl (C=O) groups excluding carboxylic acids is 2. The molecule has 1 N–H and O–H groups in total. The quantitative estimate of drug-likeness (QED) is 0.692. The third-order valence-corrected chi connectivity index (χ3v) is 5.64. The van der Waals surface area contributed by atoms with E-state index in [9.17, 15) is 18.0 Å². The van der Waals surface area contributed by atoms with Crippen molar-refractivity contribution >= 4 is 38.4 Å². The van der Waals surface area contributed by atoms with Crippen LogP contribution in [0, 0.1) is 0 Å². The third kappa shape index (κ3) is 5.60. The average molecular weight is 393 g/mol. The van der Waals surface area contributed by atoms with Gasteiger partial charge in [-0.05, 0) is 36.4 Å². The molecule has 26 heavy (non-hydrogen) atoms. The Labute approximate surface area is 157 Å². The smallest absolute Gasteiger partial charge is 0.262 e. The molecule has 138 valence electrons. The summed E-state index contributed by atoms with van der Waals surface area (Å²) in [5, 5.41) is -0.0277. The van der Waals surface area contributed by atoms with Crippen molar-refractivity contribution < 1.29 is 22.7 Å². The molecule has 0 radical (unpaired) electrons. The minimum atomic E-state index is -3.76. The van der Waals surface area contributed by atoms with Crippen molar-refractivity contribution in [1.82, 2.24) is 0 Å². The molecular formula is C18H19NO5S2. The lowest BCUT2D eigenvalue weighted by Crippen LogP contribution is -2.13. The molecule has 2 rings (SSSR count). The number of anilines is 1. The van der Waals surface area contributed by atoms with Gasteiger partial charge in [-0.2, -0.15) is 0 Å². The number of sulfonamides is 1. The maximum absolute atomic E-state index is 12.4. The molecule has 0 fully saturated rings. The normalized spacial score (nSPS) is 11.0. The standard InChI is InChI=1S/C18H19NO5S2/c1-13(20)25-11-10-18(21)14-6-8-15(9-7-14)19-26(22,23)17-5-3-4-16(12-17)24-2/h3-9,12,19H,10-11H2,1-2H3. The molecule has 0 aliphatic rings. The highest BCUT2D eigenvalue weighted by Gasteiger charge is 2.15. The molecule has 0 atom stereocenters. The second-order valence-electron chi connectivity index (χ2n) is 5.38. The molecule has 0 aliphatic heterocycles. The molecule has 2 aromatic rings. The van der Waals surface area contributed by atoms with Crippen molar-refractivity contribution in [2.45, 2.75) is 18.2 Å². The van der Waals surface area contributed by atoms with E-state index in [4.69, 9.17) is 4.74 Å². The predicted octanol–water partition coefficient (Wildman–Crippen LogP) is 3.35. The van der Waals surface area contributed by atoms with E-state index < -0.39 is 10.0 Å². The van der Waals surface area contributed by atoms with E-state index in [2.05, 4.69) is 4.72 Å². The largest absolute Gasteiger partial charge is 0.497 e. The molecular weight excluding hydrogens is 374 g/mol. The van der Waals surface area contributed by atoms with Crippen LogP contribution in [0.5, 0.6) is 5.75 Å². The van der Waals surface area contributed by atoms with Gasteiger partial charge in [0.15, 0.2) is 10.9 Å². The van der Waals surface area contributed by atoms with E-state index >= 15 is 0 Å². The average Bonchev–Trinajstić information content (AvgIpc) is 2.61. The number of carbonyl (C=O) groups is 2. The number of Topliss-reactive ketones (excluding diaryl/α,β-unsaturated/α-hetero) is 1. The Morgan fingerprint density at radius 2 is 1.81 bits per heavy atom. The van der Waals surface area contributed by atoms with E-state index in [0.29, 0.717) is 22.8 Å². The zero-order valence-corrected chi connectivity index (χ0v) is 16.0. The molecule has 0 saturated heterocycles. The van der Waals surface area contributed by atoms with Crippen LogP contribution >= 0.6 is 11.8 Å². The van der Waals surface area contributed by atoms with Gasteiger partial charge in [-0.3, -0.25) is 14.3 Å². The Balaban J connectivity index is 2.06. The van der Waals surface area contributed by atoms with E-state index in [0.717, 1.165) is 11.8 Å². The highest BCUT2D eigenvalue weighted by atomic mass is 32.2. The maximum atomic E-state index is 12.4. The molecule has 0 aliphatic carbocycles. The third-order valence-electron chi connectivity index (χ3n) is 3.45. The first kappa shape index (κ1) is 20.0. The summed E-state index contributed by atoms with van der Waals surface area (Å²) in [6.07, 6.45) is 0.249. The number of rotatable bonds is 8. The van der Waals surface area contributed by atoms with Crippen LogP contribution in [0.1, 0.15) is 23.7 Å². The van der Waals surface area contributed by atoms with Crippen molar-refractivity contribution in [2.24, 2.45) is 0 Å². The zero-order valence-electron chi connectivity index (χ0n) is 14.4. The summed E-state index contributed by atoms with van der Waals surface area (Å²) >= 11 is 1.10. The lowest BCUT2D eigenvalue weighted by atomic mass is 10.1. The first-order valence-electron chi connectivity index (χ1n) is 7.75. The van der Waals surface area contributed by atoms with Crippen LogP contribution in [0.4, 0.5) is 5.69 Å². The maximum Gasteiger partial charge on any atom is 0.262 e. The fraction of sp³-hybridized carbons (Fsp3) is 0.222. The highest BCUT2D eigenvalue weighted by Crippen LogP contribution is 2.21. The summed E-state index contributed by atoms with van der Waals surface area (Å²) in [5.74, 6) is 0.775. The number of ketones is 1. The Morgan fingerprint density at radius 1 is 1.12 bits per heavy atom. The van der Waals surface area contributed by atoms with Gasteiger partial charge in [0.25, 0.3) is 10.0 Å². The van der Waals surface area contributed by atoms with Gasteiger partial charge in [0, 0.05) is 36.4 Å². The van der Waals surface area contributed by atoms with Gasteiger partial charge in [0.2, 0.25) is 0 Å². The van der Waals surface area contributed by atoms with E-state index in [-0.39, 0.29) is 22.2 Å². The summed E-state index contributed by atoms with van der Waals surface area (Å²) in [6, 6.07) is 12.3. The van der Waals surface area contributed by atoms with Crippen LogP contribution in [-0.2, 0) is 14.8 Å². The Hall–Kier alpha value is -2.32. The molecule has 0 amide bonds. The molecule has 0 saturated carbocycles. The van der Waals surface area contributed by atoms with Crippen LogP contribution < -0.4 is 9.46 Å². The molecule has 2 aromatic carbocycles. The van der Waals surface area contributed by atoms with Gasteiger partial charge < -0.3 is 4.74 Å². The Bertz CT molecular complexity index is 892. The summed E-state index contributed by atoms with van der Waals surface area (Å²) in [7, 11) is -2.30. The Morgan fingerprint density at radius 3 is 2.42 bits per heavy atom. The number of hydrogen-bond acceptors (Lipinski definition) is 6. The molecule has 0 heterocycles. The number of methoxy groups -OCH3 is 1. The van der Waals surface area contributed by atoms with E-state index in [1.807, 2.05) is 0 Å². The highest BCUT2D eigenvalue weighted by molar-refractivity contribution is 8.13. The summed E-state index contributed by atoms with van der Waals surface area (Å²) in [4.78, 5) is 23.0. The van der Waals surface area contributed by atoms with Crippen LogP contribution in [-0.4, -0.2) is 32.2 Å². The van der Waals surface area contributed by atoms with Crippen molar-refractivity contribution in [1.29, 1.82) is 0 Å². The summed E-state index contributed by atoms with van der Waals surface area (Å²) in [6.45, 7) is 1.46. The van der Waals surface area contributed by atoms with Crippen molar-refractivity contribution in [3.05, 3.63) is 54.1 Å². The molecule has 6 nitrogen and oxygen atoms in total. The lowest BCUT2D eigenvalue weighted by molar-refractivity contribution is -0.109. The second kappa shape index (κ2) is 8.86. The van der Waals surface area contributed by atoms with Crippen LogP contribution in [0.3, 0.4) is 0 Å². The topological polar surface area (TPSA) is 89.5 Å². The number of benzene rings is 2. The van der Waals surface area contributed by atoms with Gasteiger partial charge in [-0.25, -0.2) is 8.42 Å². The van der Waals surface area contributed by atoms with Crippen molar-refractivity contribution in [3.8, 4) is 5.75 Å². The van der Waals surface area contributed by atoms with Gasteiger partial charge >= 0.3 is 0 Å². The van der Waals surface area contributed by atoms with Gasteiger partial charge in [0.1, 0.15) is 5.75 Å². The molecule has 0 aromatic heterocycles. The zero-order chi connectivity index (χ0) is 19.2. The second-order valence-corrected chi connectivity index (χ2v) is 8.33. The van der Waals surface area contributed by atoms with Gasteiger partial charge in [-0.15, -0.1) is 0 Å². The minimum Gasteiger partial charge on any atom is -0.497 e. The molecule has 0 spiro atoms. The SMILES string of the molecule is COc1cccc(S(=O)(=O)Nc2ccc(C(=O)CCSC(C)=O)cc2)c1. The molecule has 0 bridgehead atoms. The minimum absolute atomic E-state index is 0.0277. The number of nitrogens with one attached hydrogen (secondary N) is 1. The number of hydrogen-bond donors (Lipinski definition) is 1. The fourth-order valence-corrected chi connectivity index (χ4v) is 3.81. The van der Waals surface area contributed by atoms with Crippen LogP contribution in [0.2, 0.25) is 0 Å². The van der Waals surface area contributed by atoms with E-state index in [1.165, 1.54) is 38.3 Å². The molecule has 0 unspecified atom stereocenters. The van der Waals surface area contributed by atoms with Crippen LogP contribution in [0.25, 0.3) is 0 Å². The number of thioether (sulfide) groups is 1. The van der Waals surface area contributed by atoms with Gasteiger partial charge in [0.05, 0.1) is 12.0 Å². The first-order valence-corrected chi connectivity index (χ1v) is 10.2. The van der Waals surface area contributed by atoms with Gasteiger partial charge in [-0.1, -0.05) is 17.8 Å². The van der Waals surface area contributed by atoms with E-state index in [1.54, 1.807) is 24.3 Å². The fourth-order valence-electron chi connectivity index (χ4n) is 2.14. The summed E-state index contributed by atoms with van der Waals surface area (Å²) in [5.41, 5.74) is 0.820.